The van der Waals surface area contributed by atoms with Gasteiger partial charge < -0.3 is 19.7 Å². The minimum atomic E-state index is -0.152. The lowest BCUT2D eigenvalue weighted by atomic mass is 10.0. The number of nitrogens with zero attached hydrogens (tertiary/aromatic N) is 2. The molecule has 1 aromatic heterocycles. The second-order valence-electron chi connectivity index (χ2n) is 7.29. The van der Waals surface area contributed by atoms with Crippen molar-refractivity contribution in [1.29, 1.82) is 0 Å². The quantitative estimate of drug-likeness (QED) is 0.858. The molecule has 2 amide bonds. The van der Waals surface area contributed by atoms with Gasteiger partial charge in [-0.15, -0.1) is 0 Å². The van der Waals surface area contributed by atoms with Crippen LogP contribution in [-0.4, -0.2) is 54.5 Å². The van der Waals surface area contributed by atoms with Crippen LogP contribution in [0.3, 0.4) is 0 Å². The molecule has 28 heavy (non-hydrogen) atoms. The molecule has 2 bridgehead atoms. The third kappa shape index (κ3) is 3.40. The van der Waals surface area contributed by atoms with Gasteiger partial charge in [0.1, 0.15) is 11.5 Å². The van der Waals surface area contributed by atoms with Crippen LogP contribution in [0.5, 0.6) is 11.5 Å². The first-order valence-corrected chi connectivity index (χ1v) is 9.34. The molecule has 2 fully saturated rings. The Bertz CT molecular complexity index is 864. The number of pyridine rings is 1. The number of piperidine rings is 1. The van der Waals surface area contributed by atoms with Crippen molar-refractivity contribution in [3.63, 3.8) is 0 Å². The van der Waals surface area contributed by atoms with Crippen LogP contribution in [0.4, 0.5) is 0 Å². The maximum absolute atomic E-state index is 13.2. The van der Waals surface area contributed by atoms with Gasteiger partial charge in [0.15, 0.2) is 0 Å². The van der Waals surface area contributed by atoms with Crippen LogP contribution in [0.15, 0.2) is 42.7 Å². The molecule has 2 heterocycles. The lowest BCUT2D eigenvalue weighted by Crippen LogP contribution is -2.52. The van der Waals surface area contributed by atoms with Crippen LogP contribution in [-0.2, 0) is 0 Å². The Morgan fingerprint density at radius 3 is 2.46 bits per heavy atom. The summed E-state index contributed by atoms with van der Waals surface area (Å²) in [7, 11) is 3.12. The molecule has 0 radical (unpaired) electrons. The predicted octanol–water partition coefficient (Wildman–Crippen LogP) is 2.13. The normalized spacial score (nSPS) is 22.8. The van der Waals surface area contributed by atoms with Crippen molar-refractivity contribution in [1.82, 2.24) is 15.2 Å². The van der Waals surface area contributed by atoms with Gasteiger partial charge in [-0.05, 0) is 43.0 Å². The number of amides is 2. The largest absolute Gasteiger partial charge is 0.497 e. The Balaban J connectivity index is 1.51. The van der Waals surface area contributed by atoms with Crippen molar-refractivity contribution in [3.8, 4) is 11.5 Å². The van der Waals surface area contributed by atoms with E-state index in [2.05, 4.69) is 10.3 Å². The maximum atomic E-state index is 13.2. The zero-order valence-electron chi connectivity index (χ0n) is 15.9. The number of likely N-dealkylation sites (tertiary alicyclic amines) is 1. The molecule has 1 saturated carbocycles. The number of carbonyl (C=O) groups is 2. The van der Waals surface area contributed by atoms with Gasteiger partial charge in [-0.1, -0.05) is 0 Å². The van der Waals surface area contributed by atoms with E-state index in [1.54, 1.807) is 56.9 Å². The van der Waals surface area contributed by atoms with Crippen molar-refractivity contribution < 1.29 is 19.1 Å². The summed E-state index contributed by atoms with van der Waals surface area (Å²) in [5.41, 5.74) is 1.06. The first-order valence-electron chi connectivity index (χ1n) is 9.34. The standard InChI is InChI=1S/C21H23N3O4/c1-27-16-8-15(9-17(10-16)28-2)21(26)24-12-13-6-18(19(24)7-13)23-20(25)14-4-3-5-22-11-14/h3-5,8-11,13,18-19H,6-7,12H2,1-2H3,(H,23,25)/t13-,18+,19-/m1/s1. The Morgan fingerprint density at radius 1 is 1.11 bits per heavy atom. The van der Waals surface area contributed by atoms with Crippen LogP contribution >= 0.6 is 0 Å². The first-order chi connectivity index (χ1) is 13.6. The zero-order valence-corrected chi connectivity index (χ0v) is 15.9. The minimum absolute atomic E-state index is 0.00434. The van der Waals surface area contributed by atoms with E-state index in [1.807, 2.05) is 4.90 Å². The summed E-state index contributed by atoms with van der Waals surface area (Å²) in [6.07, 6.45) is 4.98. The van der Waals surface area contributed by atoms with E-state index in [0.717, 1.165) is 12.8 Å². The van der Waals surface area contributed by atoms with Gasteiger partial charge in [0, 0.05) is 36.6 Å². The summed E-state index contributed by atoms with van der Waals surface area (Å²) in [4.78, 5) is 31.5. The molecule has 2 aromatic rings. The Morgan fingerprint density at radius 2 is 1.86 bits per heavy atom. The highest BCUT2D eigenvalue weighted by Gasteiger charge is 2.47. The molecule has 2 aliphatic rings. The molecule has 146 valence electrons. The summed E-state index contributed by atoms with van der Waals surface area (Å²) in [6, 6.07) is 8.60. The van der Waals surface area contributed by atoms with Crippen LogP contribution < -0.4 is 14.8 Å². The van der Waals surface area contributed by atoms with Gasteiger partial charge in [0.25, 0.3) is 11.8 Å². The fraction of sp³-hybridized carbons (Fsp3) is 0.381. The average molecular weight is 381 g/mol. The van der Waals surface area contributed by atoms with Crippen molar-refractivity contribution in [2.75, 3.05) is 20.8 Å². The second-order valence-corrected chi connectivity index (χ2v) is 7.29. The summed E-state index contributed by atoms with van der Waals surface area (Å²) >= 11 is 0. The highest BCUT2D eigenvalue weighted by molar-refractivity contribution is 5.96. The Hall–Kier alpha value is -3.09. The average Bonchev–Trinajstić information content (AvgIpc) is 3.33. The highest BCUT2D eigenvalue weighted by atomic mass is 16.5. The molecule has 1 saturated heterocycles. The number of fused-ring (bicyclic) bond motifs is 2. The number of aromatic nitrogens is 1. The number of benzene rings is 1. The monoisotopic (exact) mass is 381 g/mol. The van der Waals surface area contributed by atoms with E-state index in [4.69, 9.17) is 9.47 Å². The number of methoxy groups -OCH3 is 2. The van der Waals surface area contributed by atoms with Crippen molar-refractivity contribution in [3.05, 3.63) is 53.9 Å². The van der Waals surface area contributed by atoms with Crippen LogP contribution in [0.1, 0.15) is 33.6 Å². The van der Waals surface area contributed by atoms with E-state index in [0.29, 0.717) is 35.1 Å². The molecule has 7 heteroatoms. The lowest BCUT2D eigenvalue weighted by Gasteiger charge is -2.34. The SMILES string of the molecule is COc1cc(OC)cc(C(=O)N2C[C@@H]3C[C@H](NC(=O)c4cccnc4)[C@H]2C3)c1. The van der Waals surface area contributed by atoms with Crippen LogP contribution in [0.2, 0.25) is 0 Å². The van der Waals surface area contributed by atoms with Gasteiger partial charge in [-0.2, -0.15) is 0 Å². The van der Waals surface area contributed by atoms with E-state index >= 15 is 0 Å². The van der Waals surface area contributed by atoms with Gasteiger partial charge in [-0.25, -0.2) is 0 Å². The van der Waals surface area contributed by atoms with E-state index in [-0.39, 0.29) is 23.9 Å². The molecular weight excluding hydrogens is 358 g/mol. The number of hydrogen-bond acceptors (Lipinski definition) is 5. The minimum Gasteiger partial charge on any atom is -0.497 e. The van der Waals surface area contributed by atoms with Crippen molar-refractivity contribution in [2.24, 2.45) is 5.92 Å². The fourth-order valence-corrected chi connectivity index (χ4v) is 4.26. The predicted molar refractivity (Wildman–Crippen MR) is 103 cm³/mol. The molecule has 1 aromatic carbocycles. The number of hydrogen-bond donors (Lipinski definition) is 1. The molecule has 0 spiro atoms. The van der Waals surface area contributed by atoms with Gasteiger partial charge in [0.2, 0.25) is 0 Å². The molecule has 3 atom stereocenters. The van der Waals surface area contributed by atoms with Gasteiger partial charge >= 0.3 is 0 Å². The Kier molecular flexibility index (Phi) is 4.90. The van der Waals surface area contributed by atoms with E-state index in [1.165, 1.54) is 0 Å². The van der Waals surface area contributed by atoms with E-state index < -0.39 is 0 Å². The summed E-state index contributed by atoms with van der Waals surface area (Å²) in [6.45, 7) is 0.711. The highest BCUT2D eigenvalue weighted by Crippen LogP contribution is 2.39. The zero-order chi connectivity index (χ0) is 19.7. The van der Waals surface area contributed by atoms with Crippen molar-refractivity contribution in [2.45, 2.75) is 24.9 Å². The van der Waals surface area contributed by atoms with E-state index in [9.17, 15) is 9.59 Å². The molecule has 1 N–H and O–H groups in total. The topological polar surface area (TPSA) is 80.8 Å². The Labute approximate surface area is 163 Å². The van der Waals surface area contributed by atoms with Gasteiger partial charge in [-0.3, -0.25) is 14.6 Å². The molecule has 7 nitrogen and oxygen atoms in total. The number of carbonyl (C=O) groups excluding carboxylic acids is 2. The first kappa shape index (κ1) is 18.3. The third-order valence-corrected chi connectivity index (χ3v) is 5.58. The fourth-order valence-electron chi connectivity index (χ4n) is 4.26. The summed E-state index contributed by atoms with van der Waals surface area (Å²) < 4.78 is 10.6. The smallest absolute Gasteiger partial charge is 0.254 e. The second kappa shape index (κ2) is 7.50. The summed E-state index contributed by atoms with van der Waals surface area (Å²) in [5, 5.41) is 3.09. The molecule has 4 rings (SSSR count). The third-order valence-electron chi connectivity index (χ3n) is 5.58. The molecular formula is C21H23N3O4. The van der Waals surface area contributed by atoms with Crippen LogP contribution in [0.25, 0.3) is 0 Å². The number of nitrogens with one attached hydrogen (secondary N) is 1. The summed E-state index contributed by atoms with van der Waals surface area (Å²) in [5.74, 6) is 1.34. The lowest BCUT2D eigenvalue weighted by molar-refractivity contribution is 0.0648. The number of rotatable bonds is 5. The molecule has 0 unspecified atom stereocenters. The van der Waals surface area contributed by atoms with Crippen molar-refractivity contribution >= 4 is 11.8 Å². The maximum Gasteiger partial charge on any atom is 0.254 e. The van der Waals surface area contributed by atoms with Crippen LogP contribution in [0, 0.1) is 5.92 Å². The van der Waals surface area contributed by atoms with Gasteiger partial charge in [0.05, 0.1) is 25.8 Å². The number of ether oxygens (including phenoxy) is 2. The molecule has 1 aliphatic heterocycles. The molecule has 1 aliphatic carbocycles.